The fourth-order valence-corrected chi connectivity index (χ4v) is 3.99. The van der Waals surface area contributed by atoms with Gasteiger partial charge in [0.25, 0.3) is 0 Å². The number of carboxylic acid groups (broad SMARTS) is 1. The average Bonchev–Trinajstić information content (AvgIpc) is 2.76. The van der Waals surface area contributed by atoms with Crippen molar-refractivity contribution in [3.63, 3.8) is 0 Å². The van der Waals surface area contributed by atoms with Gasteiger partial charge in [-0.2, -0.15) is 0 Å². The van der Waals surface area contributed by atoms with Gasteiger partial charge < -0.3 is 29.4 Å². The lowest BCUT2D eigenvalue weighted by Crippen LogP contribution is -2.25. The second-order valence-electron chi connectivity index (χ2n) is 6.79. The van der Waals surface area contributed by atoms with Crippen molar-refractivity contribution in [3.05, 3.63) is 46.9 Å². The van der Waals surface area contributed by atoms with Crippen molar-refractivity contribution in [2.75, 3.05) is 33.8 Å². The second-order valence-corrected chi connectivity index (χ2v) is 8.68. The first-order chi connectivity index (χ1) is 15.1. The van der Waals surface area contributed by atoms with Gasteiger partial charge in [-0.1, -0.05) is 6.07 Å². The van der Waals surface area contributed by atoms with Crippen LogP contribution in [0.4, 0.5) is 5.69 Å². The highest BCUT2D eigenvalue weighted by molar-refractivity contribution is 7.93. The van der Waals surface area contributed by atoms with Crippen LogP contribution in [-0.4, -0.2) is 54.0 Å². The molecule has 0 amide bonds. The Morgan fingerprint density at radius 2 is 1.59 bits per heavy atom. The minimum absolute atomic E-state index is 0.301. The quantitative estimate of drug-likeness (QED) is 0.515. The van der Waals surface area contributed by atoms with Crippen molar-refractivity contribution >= 4 is 27.6 Å². The molecule has 0 spiro atoms. The number of hydrogen-bond donors (Lipinski definition) is 2. The number of benzene rings is 2. The average molecular weight is 466 g/mol. The summed E-state index contributed by atoms with van der Waals surface area (Å²) in [5.74, 6) is 0.354. The van der Waals surface area contributed by atoms with E-state index < -0.39 is 21.8 Å². The molecule has 0 fully saturated rings. The third kappa shape index (κ3) is 6.30. The molecule has 0 heterocycles. The van der Waals surface area contributed by atoms with E-state index >= 15 is 0 Å². The van der Waals surface area contributed by atoms with Gasteiger partial charge in [0.05, 0.1) is 45.4 Å². The lowest BCUT2D eigenvalue weighted by atomic mass is 10.1. The number of ether oxygens (including phenoxy) is 4. The molecule has 32 heavy (non-hydrogen) atoms. The summed E-state index contributed by atoms with van der Waals surface area (Å²) in [4.78, 5) is 11.1. The van der Waals surface area contributed by atoms with Crippen molar-refractivity contribution in [1.29, 1.82) is 0 Å². The van der Waals surface area contributed by atoms with Crippen molar-refractivity contribution in [3.8, 4) is 23.0 Å². The van der Waals surface area contributed by atoms with E-state index in [1.807, 2.05) is 0 Å². The van der Waals surface area contributed by atoms with Crippen LogP contribution in [0.2, 0.25) is 0 Å². The molecule has 2 aromatic rings. The molecule has 1 atom stereocenters. The number of nitrogens with one attached hydrogen (secondary N) is 1. The Hall–Kier alpha value is -3.40. The summed E-state index contributed by atoms with van der Waals surface area (Å²) in [5, 5.41) is 13.0. The van der Waals surface area contributed by atoms with E-state index in [2.05, 4.69) is 5.32 Å². The molecule has 2 N–H and O–H groups in total. The SMILES string of the molecule is COc1cc(OC)c(/C=C/S(=O)(=O)Cc2ccc(OC)c(NC(C)C(=O)O)c2)c(OC)c1. The smallest absolute Gasteiger partial charge is 0.325 e. The van der Waals surface area contributed by atoms with Gasteiger partial charge in [-0.05, 0) is 30.7 Å². The number of hydrogen-bond acceptors (Lipinski definition) is 8. The molecule has 174 valence electrons. The number of methoxy groups -OCH3 is 4. The lowest BCUT2D eigenvalue weighted by molar-refractivity contribution is -0.137. The number of aliphatic carboxylic acids is 1. The van der Waals surface area contributed by atoms with Crippen molar-refractivity contribution in [1.82, 2.24) is 0 Å². The van der Waals surface area contributed by atoms with E-state index in [1.165, 1.54) is 41.4 Å². The van der Waals surface area contributed by atoms with Gasteiger partial charge in [-0.25, -0.2) is 8.42 Å². The zero-order valence-electron chi connectivity index (χ0n) is 18.5. The Balaban J connectivity index is 2.33. The summed E-state index contributed by atoms with van der Waals surface area (Å²) in [7, 11) is 2.19. The fraction of sp³-hybridized carbons (Fsp3) is 0.318. The Kier molecular flexibility index (Phi) is 8.36. The van der Waals surface area contributed by atoms with E-state index in [0.29, 0.717) is 39.8 Å². The maximum absolute atomic E-state index is 12.8. The van der Waals surface area contributed by atoms with E-state index in [0.717, 1.165) is 5.41 Å². The second kappa shape index (κ2) is 10.8. The molecule has 0 saturated heterocycles. The lowest BCUT2D eigenvalue weighted by Gasteiger charge is -2.15. The Morgan fingerprint density at radius 3 is 2.09 bits per heavy atom. The summed E-state index contributed by atoms with van der Waals surface area (Å²) in [6.45, 7) is 1.48. The zero-order valence-corrected chi connectivity index (χ0v) is 19.4. The molecule has 2 aromatic carbocycles. The third-order valence-electron chi connectivity index (χ3n) is 4.57. The molecule has 1 unspecified atom stereocenters. The van der Waals surface area contributed by atoms with Gasteiger partial charge in [0.1, 0.15) is 29.0 Å². The Bertz CT molecular complexity index is 1070. The van der Waals surface area contributed by atoms with Crippen LogP contribution in [0.1, 0.15) is 18.1 Å². The Morgan fingerprint density at radius 1 is 1.00 bits per heavy atom. The predicted molar refractivity (Wildman–Crippen MR) is 121 cm³/mol. The first kappa shape index (κ1) is 24.9. The van der Waals surface area contributed by atoms with E-state index in [9.17, 15) is 13.2 Å². The van der Waals surface area contributed by atoms with Crippen LogP contribution in [0.15, 0.2) is 35.7 Å². The van der Waals surface area contributed by atoms with Crippen molar-refractivity contribution in [2.45, 2.75) is 18.7 Å². The number of rotatable bonds is 11. The molecule has 2 rings (SSSR count). The maximum Gasteiger partial charge on any atom is 0.325 e. The standard InChI is InChI=1S/C22H27NO8S/c1-14(22(24)25)23-18-10-15(6-7-19(18)29-3)13-32(26,27)9-8-17-20(30-4)11-16(28-2)12-21(17)31-5/h6-12,14,23H,13H2,1-5H3,(H,24,25)/b9-8+. The van der Waals surface area contributed by atoms with Gasteiger partial charge in [-0.3, -0.25) is 4.79 Å². The number of carboxylic acids is 1. The summed E-state index contributed by atoms with van der Waals surface area (Å²) < 4.78 is 46.6. The normalized spacial score (nSPS) is 12.3. The topological polar surface area (TPSA) is 120 Å². The van der Waals surface area contributed by atoms with E-state index in [1.54, 1.807) is 30.3 Å². The molecular formula is C22H27NO8S. The third-order valence-corrected chi connectivity index (χ3v) is 5.86. The molecule has 10 heteroatoms. The van der Waals surface area contributed by atoms with Gasteiger partial charge in [0.15, 0.2) is 9.84 Å². The van der Waals surface area contributed by atoms with Crippen LogP contribution < -0.4 is 24.3 Å². The first-order valence-corrected chi connectivity index (χ1v) is 11.2. The molecule has 0 aromatic heterocycles. The molecule has 0 bridgehead atoms. The molecule has 0 saturated carbocycles. The van der Waals surface area contributed by atoms with E-state index in [4.69, 9.17) is 24.1 Å². The maximum atomic E-state index is 12.8. The van der Waals surface area contributed by atoms with Crippen molar-refractivity contribution < 1.29 is 37.3 Å². The fourth-order valence-electron chi connectivity index (χ4n) is 2.90. The Labute approximate surface area is 187 Å². The van der Waals surface area contributed by atoms with Crippen LogP contribution in [-0.2, 0) is 20.4 Å². The molecule has 0 aliphatic carbocycles. The summed E-state index contributed by atoms with van der Waals surface area (Å²) in [6.07, 6.45) is 1.40. The first-order valence-electron chi connectivity index (χ1n) is 9.51. The highest BCUT2D eigenvalue weighted by atomic mass is 32.2. The summed E-state index contributed by atoms with van der Waals surface area (Å²) in [5.41, 5.74) is 1.30. The summed E-state index contributed by atoms with van der Waals surface area (Å²) in [6, 6.07) is 7.11. The number of anilines is 1. The molecular weight excluding hydrogens is 438 g/mol. The number of sulfone groups is 1. The van der Waals surface area contributed by atoms with Crippen LogP contribution in [0.25, 0.3) is 6.08 Å². The minimum atomic E-state index is -3.69. The van der Waals surface area contributed by atoms with Crippen LogP contribution in [0.5, 0.6) is 23.0 Å². The monoisotopic (exact) mass is 465 g/mol. The van der Waals surface area contributed by atoms with Crippen LogP contribution in [0, 0.1) is 0 Å². The molecule has 0 aliphatic rings. The van der Waals surface area contributed by atoms with Gasteiger partial charge in [0, 0.05) is 17.5 Å². The summed E-state index contributed by atoms with van der Waals surface area (Å²) >= 11 is 0. The molecule has 0 radical (unpaired) electrons. The van der Waals surface area contributed by atoms with Gasteiger partial charge in [0.2, 0.25) is 0 Å². The van der Waals surface area contributed by atoms with Gasteiger partial charge in [-0.15, -0.1) is 0 Å². The highest BCUT2D eigenvalue weighted by Crippen LogP contribution is 2.35. The molecule has 9 nitrogen and oxygen atoms in total. The van der Waals surface area contributed by atoms with Crippen LogP contribution in [0.3, 0.4) is 0 Å². The van der Waals surface area contributed by atoms with Crippen molar-refractivity contribution in [2.24, 2.45) is 0 Å². The van der Waals surface area contributed by atoms with E-state index in [-0.39, 0.29) is 5.75 Å². The largest absolute Gasteiger partial charge is 0.496 e. The molecule has 0 aliphatic heterocycles. The highest BCUT2D eigenvalue weighted by Gasteiger charge is 2.17. The predicted octanol–water partition coefficient (Wildman–Crippen LogP) is 3.19. The minimum Gasteiger partial charge on any atom is -0.496 e. The zero-order chi connectivity index (χ0) is 23.9. The van der Waals surface area contributed by atoms with Gasteiger partial charge >= 0.3 is 5.97 Å². The van der Waals surface area contributed by atoms with Crippen LogP contribution >= 0.6 is 0 Å². The number of carbonyl (C=O) groups is 1.